The third-order valence-corrected chi connectivity index (χ3v) is 3.76. The Labute approximate surface area is 97.0 Å². The first-order chi connectivity index (χ1) is 7.24. The Morgan fingerprint density at radius 3 is 2.67 bits per heavy atom. The van der Waals surface area contributed by atoms with Crippen LogP contribution in [0.15, 0.2) is 34.5 Å². The Kier molecular flexibility index (Phi) is 3.28. The first kappa shape index (κ1) is 10.5. The number of hydrogen-bond donors (Lipinski definition) is 1. The molecule has 1 aromatic heterocycles. The Morgan fingerprint density at radius 1 is 1.33 bits per heavy atom. The molecule has 4 heteroatoms. The molecule has 0 spiro atoms. The van der Waals surface area contributed by atoms with Crippen molar-refractivity contribution in [1.82, 2.24) is 4.98 Å². The van der Waals surface area contributed by atoms with Crippen LogP contribution in [0, 0.1) is 6.92 Å². The van der Waals surface area contributed by atoms with Crippen LogP contribution in [-0.4, -0.2) is 10.1 Å². The summed E-state index contributed by atoms with van der Waals surface area (Å²) in [7, 11) is 0. The lowest BCUT2D eigenvalue weighted by Crippen LogP contribution is -1.80. The number of nitrogens with zero attached hydrogens (tertiary/aromatic N) is 1. The summed E-state index contributed by atoms with van der Waals surface area (Å²) in [6.07, 6.45) is 0. The van der Waals surface area contributed by atoms with Gasteiger partial charge in [0, 0.05) is 16.0 Å². The number of thioether (sulfide) groups is 1. The lowest BCUT2D eigenvalue weighted by atomic mass is 10.3. The van der Waals surface area contributed by atoms with Gasteiger partial charge < -0.3 is 5.11 Å². The van der Waals surface area contributed by atoms with Gasteiger partial charge in [-0.25, -0.2) is 4.98 Å². The van der Waals surface area contributed by atoms with E-state index < -0.39 is 0 Å². The Morgan fingerprint density at radius 2 is 2.07 bits per heavy atom. The third-order valence-electron chi connectivity index (χ3n) is 1.89. The zero-order valence-corrected chi connectivity index (χ0v) is 9.94. The van der Waals surface area contributed by atoms with Crippen LogP contribution in [0.2, 0.25) is 0 Å². The maximum absolute atomic E-state index is 9.13. The summed E-state index contributed by atoms with van der Waals surface area (Å²) < 4.78 is 0. The molecule has 0 saturated heterocycles. The molecule has 0 unspecified atom stereocenters. The number of phenols is 1. The summed E-state index contributed by atoms with van der Waals surface area (Å²) in [4.78, 5) is 5.54. The molecule has 0 bridgehead atoms. The van der Waals surface area contributed by atoms with Gasteiger partial charge in [-0.2, -0.15) is 0 Å². The smallest absolute Gasteiger partial charge is 0.115 e. The van der Waals surface area contributed by atoms with Gasteiger partial charge in [0.25, 0.3) is 0 Å². The van der Waals surface area contributed by atoms with Crippen molar-refractivity contribution in [3.05, 3.63) is 40.3 Å². The van der Waals surface area contributed by atoms with E-state index in [0.717, 1.165) is 21.3 Å². The van der Waals surface area contributed by atoms with Crippen molar-refractivity contribution in [1.29, 1.82) is 0 Å². The van der Waals surface area contributed by atoms with Crippen molar-refractivity contribution < 1.29 is 5.11 Å². The van der Waals surface area contributed by atoms with E-state index in [9.17, 15) is 0 Å². The van der Waals surface area contributed by atoms with Crippen LogP contribution in [0.4, 0.5) is 0 Å². The molecule has 0 aliphatic carbocycles. The van der Waals surface area contributed by atoms with Crippen LogP contribution in [0.3, 0.4) is 0 Å². The van der Waals surface area contributed by atoms with Crippen molar-refractivity contribution in [2.45, 2.75) is 17.6 Å². The van der Waals surface area contributed by atoms with Crippen LogP contribution in [-0.2, 0) is 5.75 Å². The second-order valence-electron chi connectivity index (χ2n) is 3.14. The lowest BCUT2D eigenvalue weighted by Gasteiger charge is -1.99. The van der Waals surface area contributed by atoms with E-state index in [4.69, 9.17) is 5.11 Å². The molecular weight excluding hydrogens is 226 g/mol. The average Bonchev–Trinajstić information content (AvgIpc) is 2.64. The van der Waals surface area contributed by atoms with Crippen LogP contribution in [0.5, 0.6) is 5.75 Å². The molecule has 2 nitrogen and oxygen atoms in total. The van der Waals surface area contributed by atoms with Gasteiger partial charge in [-0.05, 0) is 31.2 Å². The van der Waals surface area contributed by atoms with Gasteiger partial charge in [-0.15, -0.1) is 23.1 Å². The maximum atomic E-state index is 9.13. The fourth-order valence-corrected chi connectivity index (χ4v) is 2.68. The van der Waals surface area contributed by atoms with E-state index in [1.54, 1.807) is 35.2 Å². The molecule has 0 fully saturated rings. The highest BCUT2D eigenvalue weighted by atomic mass is 32.2. The van der Waals surface area contributed by atoms with E-state index in [1.807, 2.05) is 19.1 Å². The Hall–Kier alpha value is -1.00. The molecule has 1 N–H and O–H groups in total. The van der Waals surface area contributed by atoms with Gasteiger partial charge >= 0.3 is 0 Å². The van der Waals surface area contributed by atoms with Gasteiger partial charge in [0.05, 0.1) is 10.7 Å². The van der Waals surface area contributed by atoms with E-state index in [-0.39, 0.29) is 0 Å². The fourth-order valence-electron chi connectivity index (χ4n) is 1.17. The average molecular weight is 237 g/mol. The summed E-state index contributed by atoms with van der Waals surface area (Å²) in [6.45, 7) is 2.01. The van der Waals surface area contributed by atoms with Gasteiger partial charge in [-0.1, -0.05) is 0 Å². The molecule has 0 aliphatic heterocycles. The molecule has 0 atom stereocenters. The number of aromatic nitrogens is 1. The zero-order chi connectivity index (χ0) is 10.7. The van der Waals surface area contributed by atoms with Gasteiger partial charge in [0.15, 0.2) is 0 Å². The summed E-state index contributed by atoms with van der Waals surface area (Å²) >= 11 is 3.41. The molecular formula is C11H11NOS2. The second kappa shape index (κ2) is 4.68. The van der Waals surface area contributed by atoms with Gasteiger partial charge in [0.2, 0.25) is 0 Å². The molecule has 15 heavy (non-hydrogen) atoms. The highest BCUT2D eigenvalue weighted by Gasteiger charge is 1.99. The minimum Gasteiger partial charge on any atom is -0.508 e. The van der Waals surface area contributed by atoms with Crippen molar-refractivity contribution in [2.75, 3.05) is 0 Å². The van der Waals surface area contributed by atoms with E-state index in [1.165, 1.54) is 0 Å². The summed E-state index contributed by atoms with van der Waals surface area (Å²) in [6, 6.07) is 7.24. The van der Waals surface area contributed by atoms with Crippen LogP contribution >= 0.6 is 23.1 Å². The molecule has 1 heterocycles. The first-order valence-electron chi connectivity index (χ1n) is 4.57. The lowest BCUT2D eigenvalue weighted by molar-refractivity contribution is 0.475. The monoisotopic (exact) mass is 237 g/mol. The predicted molar refractivity (Wildman–Crippen MR) is 64.5 cm³/mol. The molecule has 0 saturated carbocycles. The van der Waals surface area contributed by atoms with Crippen LogP contribution in [0.25, 0.3) is 0 Å². The molecule has 0 aliphatic rings. The minimum absolute atomic E-state index is 0.309. The number of phenolic OH excluding ortho intramolecular Hbond substituents is 1. The van der Waals surface area contributed by atoms with E-state index in [2.05, 4.69) is 10.4 Å². The van der Waals surface area contributed by atoms with Crippen molar-refractivity contribution in [2.24, 2.45) is 0 Å². The van der Waals surface area contributed by atoms with Crippen molar-refractivity contribution in [3.63, 3.8) is 0 Å². The fraction of sp³-hybridized carbons (Fsp3) is 0.182. The van der Waals surface area contributed by atoms with Gasteiger partial charge in [-0.3, -0.25) is 0 Å². The number of aromatic hydroxyl groups is 1. The first-order valence-corrected chi connectivity index (χ1v) is 6.43. The standard InChI is InChI=1S/C11H11NOS2/c1-8-12-9(6-14-8)7-15-11-4-2-10(13)3-5-11/h2-6,13H,7H2,1H3. The number of rotatable bonds is 3. The van der Waals surface area contributed by atoms with Crippen molar-refractivity contribution in [3.8, 4) is 5.75 Å². The quantitative estimate of drug-likeness (QED) is 0.830. The molecule has 1 aromatic carbocycles. The predicted octanol–water partition coefficient (Wildman–Crippen LogP) is 3.45. The minimum atomic E-state index is 0.309. The van der Waals surface area contributed by atoms with Gasteiger partial charge in [0.1, 0.15) is 5.75 Å². The highest BCUT2D eigenvalue weighted by Crippen LogP contribution is 2.24. The second-order valence-corrected chi connectivity index (χ2v) is 5.25. The zero-order valence-electron chi connectivity index (χ0n) is 8.30. The summed E-state index contributed by atoms with van der Waals surface area (Å²) in [5.41, 5.74) is 1.12. The topological polar surface area (TPSA) is 33.1 Å². The molecule has 2 aromatic rings. The number of thiazole rings is 1. The van der Waals surface area contributed by atoms with E-state index >= 15 is 0 Å². The Bertz CT molecular complexity index is 436. The molecule has 0 radical (unpaired) electrons. The van der Waals surface area contributed by atoms with Crippen molar-refractivity contribution >= 4 is 23.1 Å². The number of benzene rings is 1. The van der Waals surface area contributed by atoms with Crippen LogP contribution in [0.1, 0.15) is 10.7 Å². The molecule has 78 valence electrons. The normalized spacial score (nSPS) is 10.5. The summed E-state index contributed by atoms with van der Waals surface area (Å²) in [5.74, 6) is 1.19. The van der Waals surface area contributed by atoms with Crippen LogP contribution < -0.4 is 0 Å². The SMILES string of the molecule is Cc1nc(CSc2ccc(O)cc2)cs1. The molecule has 2 rings (SSSR count). The number of hydrogen-bond acceptors (Lipinski definition) is 4. The maximum Gasteiger partial charge on any atom is 0.115 e. The largest absolute Gasteiger partial charge is 0.508 e. The molecule has 0 amide bonds. The van der Waals surface area contributed by atoms with E-state index in [0.29, 0.717) is 5.75 Å². The Balaban J connectivity index is 1.96. The third kappa shape index (κ3) is 2.97. The number of aryl methyl sites for hydroxylation is 1. The highest BCUT2D eigenvalue weighted by molar-refractivity contribution is 7.98. The summed E-state index contributed by atoms with van der Waals surface area (Å²) in [5, 5.41) is 12.3.